The Morgan fingerprint density at radius 3 is 2.62 bits per heavy atom. The van der Waals surface area contributed by atoms with Crippen molar-refractivity contribution in [2.24, 2.45) is 0 Å². The highest BCUT2D eigenvalue weighted by Crippen LogP contribution is 2.18. The second-order valence-corrected chi connectivity index (χ2v) is 6.80. The highest BCUT2D eigenvalue weighted by Gasteiger charge is 2.13. The van der Waals surface area contributed by atoms with Crippen molar-refractivity contribution < 1.29 is 19.2 Å². The summed E-state index contributed by atoms with van der Waals surface area (Å²) in [5, 5.41) is 22.1. The number of fused-ring (bicyclic) bond motifs is 1. The molecular weight excluding hydrogens is 379 g/mol. The Morgan fingerprint density at radius 1 is 1.21 bits per heavy atom. The van der Waals surface area contributed by atoms with E-state index in [9.17, 15) is 19.3 Å². The van der Waals surface area contributed by atoms with Gasteiger partial charge in [0.25, 0.3) is 11.6 Å². The van der Waals surface area contributed by atoms with Crippen LogP contribution in [0.4, 0.5) is 16.0 Å². The molecule has 152 valence electrons. The van der Waals surface area contributed by atoms with Crippen LogP contribution in [0.1, 0.15) is 42.5 Å². The molecule has 4 rings (SSSR count). The molecule has 0 saturated heterocycles. The number of amides is 1. The highest BCUT2D eigenvalue weighted by molar-refractivity contribution is 6.04. The quantitative estimate of drug-likeness (QED) is 0.450. The molecule has 1 fully saturated rings. The van der Waals surface area contributed by atoms with Gasteiger partial charge in [0, 0.05) is 17.7 Å². The van der Waals surface area contributed by atoms with Crippen LogP contribution < -0.4 is 5.32 Å². The molecule has 1 amide bonds. The summed E-state index contributed by atoms with van der Waals surface area (Å²) in [6.07, 6.45) is 5.92. The van der Waals surface area contributed by atoms with Crippen LogP contribution in [0.2, 0.25) is 0 Å². The third kappa shape index (κ3) is 5.58. The van der Waals surface area contributed by atoms with Crippen molar-refractivity contribution in [3.63, 3.8) is 0 Å². The number of carbonyl (C=O) groups is 1. The van der Waals surface area contributed by atoms with Gasteiger partial charge in [0.05, 0.1) is 22.1 Å². The van der Waals surface area contributed by atoms with Gasteiger partial charge >= 0.3 is 0 Å². The number of aliphatic hydroxyl groups is 1. The number of halogens is 1. The van der Waals surface area contributed by atoms with Crippen molar-refractivity contribution in [2.75, 3.05) is 5.32 Å². The summed E-state index contributed by atoms with van der Waals surface area (Å²) in [6, 6.07) is 9.31. The van der Waals surface area contributed by atoms with Gasteiger partial charge in [-0.1, -0.05) is 25.3 Å². The van der Waals surface area contributed by atoms with Gasteiger partial charge in [0.2, 0.25) is 5.95 Å². The van der Waals surface area contributed by atoms with Crippen LogP contribution in [-0.2, 0) is 0 Å². The van der Waals surface area contributed by atoms with Crippen molar-refractivity contribution in [3.8, 4) is 0 Å². The van der Waals surface area contributed by atoms with Crippen LogP contribution in [0.25, 0.3) is 11.0 Å². The molecular formula is C20H21FN4O4. The van der Waals surface area contributed by atoms with E-state index in [0.29, 0.717) is 11.0 Å². The molecule has 8 nitrogen and oxygen atoms in total. The fraction of sp³-hybridized carbons (Fsp3) is 0.300. The van der Waals surface area contributed by atoms with E-state index in [1.54, 1.807) is 0 Å². The van der Waals surface area contributed by atoms with Crippen molar-refractivity contribution >= 4 is 28.6 Å². The number of hydrogen-bond acceptors (Lipinski definition) is 5. The molecule has 1 heterocycles. The number of aromatic amines is 1. The molecule has 3 aromatic rings. The van der Waals surface area contributed by atoms with Crippen molar-refractivity contribution in [1.29, 1.82) is 0 Å². The standard InChI is InChI=1S/C14H9FN4O3.C6H12O/c15-9-4-5-11-12(7-9)17-14(16-11)18-13(20)8-2-1-3-10(6-8)19(21)22;7-6-4-2-1-3-5-6/h1-7H,(H2,16,17,18,20);6-7H,1-5H2. The lowest BCUT2D eigenvalue weighted by molar-refractivity contribution is -0.384. The predicted octanol–water partition coefficient (Wildman–Crippen LogP) is 4.17. The van der Waals surface area contributed by atoms with Crippen LogP contribution in [-0.4, -0.2) is 32.0 Å². The molecule has 9 heteroatoms. The minimum Gasteiger partial charge on any atom is -0.393 e. The molecule has 0 atom stereocenters. The molecule has 1 aliphatic rings. The maximum atomic E-state index is 13.1. The van der Waals surface area contributed by atoms with E-state index in [1.807, 2.05) is 0 Å². The van der Waals surface area contributed by atoms with Gasteiger partial charge in [-0.25, -0.2) is 9.37 Å². The Balaban J connectivity index is 0.000000290. The topological polar surface area (TPSA) is 121 Å². The zero-order valence-corrected chi connectivity index (χ0v) is 15.6. The number of nitro groups is 1. The van der Waals surface area contributed by atoms with E-state index in [1.165, 1.54) is 55.7 Å². The maximum Gasteiger partial charge on any atom is 0.270 e. The second kappa shape index (κ2) is 9.24. The third-order valence-corrected chi connectivity index (χ3v) is 4.57. The van der Waals surface area contributed by atoms with E-state index in [0.717, 1.165) is 18.9 Å². The number of benzene rings is 2. The van der Waals surface area contributed by atoms with Crippen molar-refractivity contribution in [1.82, 2.24) is 9.97 Å². The zero-order chi connectivity index (χ0) is 20.8. The van der Waals surface area contributed by atoms with Crippen LogP contribution in [0.3, 0.4) is 0 Å². The number of non-ortho nitro benzene ring substituents is 1. The fourth-order valence-corrected chi connectivity index (χ4v) is 3.06. The van der Waals surface area contributed by atoms with E-state index >= 15 is 0 Å². The summed E-state index contributed by atoms with van der Waals surface area (Å²) >= 11 is 0. The van der Waals surface area contributed by atoms with Crippen LogP contribution >= 0.6 is 0 Å². The second-order valence-electron chi connectivity index (χ2n) is 6.80. The van der Waals surface area contributed by atoms with Crippen LogP contribution in [0.15, 0.2) is 42.5 Å². The third-order valence-electron chi connectivity index (χ3n) is 4.57. The summed E-state index contributed by atoms with van der Waals surface area (Å²) in [5.41, 5.74) is 0.880. The number of aromatic nitrogens is 2. The number of H-pyrrole nitrogens is 1. The number of imidazole rings is 1. The molecule has 0 unspecified atom stereocenters. The molecule has 1 aromatic heterocycles. The molecule has 29 heavy (non-hydrogen) atoms. The molecule has 1 saturated carbocycles. The minimum atomic E-state index is -0.583. The molecule has 0 spiro atoms. The number of aliphatic hydroxyl groups excluding tert-OH is 1. The fourth-order valence-electron chi connectivity index (χ4n) is 3.06. The number of hydrogen-bond donors (Lipinski definition) is 3. The molecule has 0 radical (unpaired) electrons. The average molecular weight is 400 g/mol. The average Bonchev–Trinajstić information content (AvgIpc) is 3.10. The van der Waals surface area contributed by atoms with Gasteiger partial charge in [-0.15, -0.1) is 0 Å². The number of anilines is 1. The number of nitro benzene ring substituents is 1. The van der Waals surface area contributed by atoms with Gasteiger partial charge < -0.3 is 10.1 Å². The van der Waals surface area contributed by atoms with E-state index in [4.69, 9.17) is 5.11 Å². The lowest BCUT2D eigenvalue weighted by Crippen LogP contribution is -2.13. The Kier molecular flexibility index (Phi) is 6.50. The van der Waals surface area contributed by atoms with E-state index in [2.05, 4.69) is 15.3 Å². The Bertz CT molecular complexity index is 1010. The summed E-state index contributed by atoms with van der Waals surface area (Å²) in [6.45, 7) is 0. The first-order chi connectivity index (χ1) is 13.9. The number of nitrogens with one attached hydrogen (secondary N) is 2. The first-order valence-corrected chi connectivity index (χ1v) is 9.31. The van der Waals surface area contributed by atoms with Crippen molar-refractivity contribution in [3.05, 3.63) is 64.0 Å². The maximum absolute atomic E-state index is 13.1. The molecule has 1 aliphatic carbocycles. The first kappa shape index (κ1) is 20.4. The van der Waals surface area contributed by atoms with E-state index < -0.39 is 16.6 Å². The van der Waals surface area contributed by atoms with Gasteiger partial charge in [-0.3, -0.25) is 20.2 Å². The van der Waals surface area contributed by atoms with Crippen LogP contribution in [0.5, 0.6) is 0 Å². The number of rotatable bonds is 3. The molecule has 3 N–H and O–H groups in total. The zero-order valence-electron chi connectivity index (χ0n) is 15.6. The summed E-state index contributed by atoms with van der Waals surface area (Å²) in [7, 11) is 0. The van der Waals surface area contributed by atoms with Gasteiger partial charge in [-0.2, -0.15) is 0 Å². The van der Waals surface area contributed by atoms with Gasteiger partial charge in [0.15, 0.2) is 0 Å². The largest absolute Gasteiger partial charge is 0.393 e. The lowest BCUT2D eigenvalue weighted by atomic mass is 9.98. The molecule has 2 aromatic carbocycles. The Labute approximate surface area is 165 Å². The molecule has 0 bridgehead atoms. The monoisotopic (exact) mass is 400 g/mol. The van der Waals surface area contributed by atoms with Gasteiger partial charge in [0.1, 0.15) is 5.82 Å². The first-order valence-electron chi connectivity index (χ1n) is 9.31. The number of carbonyl (C=O) groups excluding carboxylic acids is 1. The van der Waals surface area contributed by atoms with E-state index in [-0.39, 0.29) is 23.3 Å². The van der Waals surface area contributed by atoms with Crippen molar-refractivity contribution in [2.45, 2.75) is 38.2 Å². The minimum absolute atomic E-state index is 0.0359. The Hall–Kier alpha value is -3.33. The van der Waals surface area contributed by atoms with Crippen LogP contribution in [0, 0.1) is 15.9 Å². The Morgan fingerprint density at radius 2 is 1.97 bits per heavy atom. The number of nitrogens with zero attached hydrogens (tertiary/aromatic N) is 2. The summed E-state index contributed by atoms with van der Waals surface area (Å²) < 4.78 is 13.1. The highest BCUT2D eigenvalue weighted by atomic mass is 19.1. The molecule has 0 aliphatic heterocycles. The summed E-state index contributed by atoms with van der Waals surface area (Å²) in [5.74, 6) is -0.840. The summed E-state index contributed by atoms with van der Waals surface area (Å²) in [4.78, 5) is 29.0. The predicted molar refractivity (Wildman–Crippen MR) is 106 cm³/mol. The normalized spacial score (nSPS) is 14.1. The lowest BCUT2D eigenvalue weighted by Gasteiger charge is -2.14. The SMILES string of the molecule is O=C(Nc1nc2ccc(F)cc2[nH]1)c1cccc([N+](=O)[O-])c1.OC1CCCCC1. The van der Waals surface area contributed by atoms with Gasteiger partial charge in [-0.05, 0) is 37.1 Å². The smallest absolute Gasteiger partial charge is 0.270 e.